The first kappa shape index (κ1) is 11.3. The molecule has 0 aromatic heterocycles. The molecule has 0 aromatic rings. The number of hydrogen-bond acceptors (Lipinski definition) is 1. The molecule has 0 aromatic carbocycles. The number of hydrogen-bond donors (Lipinski definition) is 1. The third-order valence-electron chi connectivity index (χ3n) is 1.03. The van der Waals surface area contributed by atoms with Crippen LogP contribution in [-0.2, 0) is 4.79 Å². The second kappa shape index (κ2) is 5.60. The molecule has 0 fully saturated rings. The van der Waals surface area contributed by atoms with Gasteiger partial charge < -0.3 is 5.11 Å². The van der Waals surface area contributed by atoms with E-state index in [0.29, 0.717) is 0 Å². The molecular weight excluding hydrogens is 115 g/mol. The van der Waals surface area contributed by atoms with Gasteiger partial charge in [-0.1, -0.05) is 13.8 Å². The van der Waals surface area contributed by atoms with E-state index in [1.165, 1.54) is 0 Å². The molecule has 0 saturated heterocycles. The van der Waals surface area contributed by atoms with Crippen LogP contribution in [0.3, 0.4) is 0 Å². The maximum absolute atomic E-state index is 9.93. The predicted octanol–water partition coefficient (Wildman–Crippen LogP) is 0.736. The molecule has 8 heavy (non-hydrogen) atoms. The summed E-state index contributed by atoms with van der Waals surface area (Å²) in [4.78, 5) is 9.93. The standard InChI is InChI=1S/C5H10O2.Na/c1-3-4(2)5(6)7;/h4H,3H2,1-2H3,(H,6,7);. The van der Waals surface area contributed by atoms with Gasteiger partial charge in [-0.15, -0.1) is 0 Å². The van der Waals surface area contributed by atoms with Gasteiger partial charge in [-0.05, 0) is 6.42 Å². The molecule has 0 saturated carbocycles. The van der Waals surface area contributed by atoms with Gasteiger partial charge in [-0.3, -0.25) is 4.79 Å². The Balaban J connectivity index is 0. The van der Waals surface area contributed by atoms with Crippen LogP contribution >= 0.6 is 0 Å². The van der Waals surface area contributed by atoms with E-state index in [4.69, 9.17) is 5.11 Å². The van der Waals surface area contributed by atoms with Crippen LogP contribution in [0.2, 0.25) is 0 Å². The summed E-state index contributed by atoms with van der Waals surface area (Å²) in [6.45, 7) is 3.56. The molecule has 0 spiro atoms. The van der Waals surface area contributed by atoms with Gasteiger partial charge in [0.05, 0.1) is 5.92 Å². The van der Waals surface area contributed by atoms with Gasteiger partial charge in [0.25, 0.3) is 0 Å². The fourth-order valence-corrected chi connectivity index (χ4v) is 0.175. The van der Waals surface area contributed by atoms with E-state index >= 15 is 0 Å². The second-order valence-corrected chi connectivity index (χ2v) is 1.65. The van der Waals surface area contributed by atoms with Gasteiger partial charge in [-0.2, -0.15) is 0 Å². The van der Waals surface area contributed by atoms with E-state index in [0.717, 1.165) is 6.42 Å². The zero-order valence-electron chi connectivity index (χ0n) is 5.64. The molecule has 1 atom stereocenters. The Morgan fingerprint density at radius 3 is 2.12 bits per heavy atom. The van der Waals surface area contributed by atoms with Crippen LogP contribution in [0.4, 0.5) is 0 Å². The first-order valence-corrected chi connectivity index (χ1v) is 2.41. The molecule has 0 aliphatic carbocycles. The van der Waals surface area contributed by atoms with Crippen LogP contribution in [0.1, 0.15) is 20.3 Å². The van der Waals surface area contributed by atoms with Gasteiger partial charge in [0.15, 0.2) is 0 Å². The van der Waals surface area contributed by atoms with Crippen molar-refractivity contribution < 1.29 is 9.90 Å². The summed E-state index contributed by atoms with van der Waals surface area (Å²) in [5, 5.41) is 8.18. The smallest absolute Gasteiger partial charge is 0.306 e. The van der Waals surface area contributed by atoms with Crippen LogP contribution in [-0.4, -0.2) is 40.6 Å². The van der Waals surface area contributed by atoms with Gasteiger partial charge in [-0.25, -0.2) is 0 Å². The van der Waals surface area contributed by atoms with Crippen molar-refractivity contribution in [2.24, 2.45) is 5.92 Å². The Labute approximate surface area is 71.6 Å². The van der Waals surface area contributed by atoms with Crippen molar-refractivity contribution in [3.63, 3.8) is 0 Å². The molecule has 0 aliphatic heterocycles. The predicted molar refractivity (Wildman–Crippen MR) is 32.8 cm³/mol. The fraction of sp³-hybridized carbons (Fsp3) is 0.800. The van der Waals surface area contributed by atoms with E-state index in [2.05, 4.69) is 0 Å². The first-order valence-electron chi connectivity index (χ1n) is 2.41. The normalized spacial score (nSPS) is 11.8. The van der Waals surface area contributed by atoms with Crippen LogP contribution < -0.4 is 0 Å². The molecule has 0 rings (SSSR count). The van der Waals surface area contributed by atoms with Crippen molar-refractivity contribution in [3.8, 4) is 0 Å². The number of aliphatic carboxylic acids is 1. The van der Waals surface area contributed by atoms with E-state index in [9.17, 15) is 4.79 Å². The van der Waals surface area contributed by atoms with Crippen molar-refractivity contribution in [1.82, 2.24) is 0 Å². The Hall–Kier alpha value is 0.470. The fourth-order valence-electron chi connectivity index (χ4n) is 0.175. The number of carboxylic acid groups (broad SMARTS) is 1. The molecule has 0 heterocycles. The second-order valence-electron chi connectivity index (χ2n) is 1.65. The minimum Gasteiger partial charge on any atom is -0.481 e. The molecular formula is C5H10NaO2. The molecule has 2 nitrogen and oxygen atoms in total. The molecule has 1 unspecified atom stereocenters. The van der Waals surface area contributed by atoms with E-state index in [1.54, 1.807) is 6.92 Å². The summed E-state index contributed by atoms with van der Waals surface area (Å²) in [5.41, 5.74) is 0. The van der Waals surface area contributed by atoms with Gasteiger partial charge in [0.2, 0.25) is 0 Å². The van der Waals surface area contributed by atoms with Crippen molar-refractivity contribution in [1.29, 1.82) is 0 Å². The number of carboxylic acids is 1. The Morgan fingerprint density at radius 1 is 1.75 bits per heavy atom. The molecule has 0 aliphatic rings. The summed E-state index contributed by atoms with van der Waals surface area (Å²) >= 11 is 0. The van der Waals surface area contributed by atoms with Gasteiger partial charge in [0, 0.05) is 29.6 Å². The summed E-state index contributed by atoms with van der Waals surface area (Å²) in [6.07, 6.45) is 0.718. The molecule has 1 radical (unpaired) electrons. The first-order chi connectivity index (χ1) is 3.18. The van der Waals surface area contributed by atoms with Crippen molar-refractivity contribution in [3.05, 3.63) is 0 Å². The average Bonchev–Trinajstić information content (AvgIpc) is 1.65. The Kier molecular flexibility index (Phi) is 7.91. The Morgan fingerprint density at radius 2 is 2.12 bits per heavy atom. The zero-order valence-corrected chi connectivity index (χ0v) is 7.64. The molecule has 43 valence electrons. The summed E-state index contributed by atoms with van der Waals surface area (Å²) in [6, 6.07) is 0. The van der Waals surface area contributed by atoms with E-state index < -0.39 is 5.97 Å². The van der Waals surface area contributed by atoms with Crippen LogP contribution in [0.25, 0.3) is 0 Å². The Bertz CT molecular complexity index is 72.8. The summed E-state index contributed by atoms with van der Waals surface area (Å²) in [5.74, 6) is -0.887. The van der Waals surface area contributed by atoms with Crippen molar-refractivity contribution >= 4 is 35.5 Å². The van der Waals surface area contributed by atoms with Gasteiger partial charge in [0.1, 0.15) is 0 Å². The summed E-state index contributed by atoms with van der Waals surface area (Å²) in [7, 11) is 0. The SMILES string of the molecule is CCC(C)C(=O)O.[Na]. The van der Waals surface area contributed by atoms with Crippen molar-refractivity contribution in [2.45, 2.75) is 20.3 Å². The maximum atomic E-state index is 9.93. The van der Waals surface area contributed by atoms with E-state index in [-0.39, 0.29) is 35.5 Å². The quantitative estimate of drug-likeness (QED) is 0.552. The van der Waals surface area contributed by atoms with Crippen LogP contribution in [0, 0.1) is 5.92 Å². The van der Waals surface area contributed by atoms with Crippen LogP contribution in [0.15, 0.2) is 0 Å². The zero-order chi connectivity index (χ0) is 5.86. The van der Waals surface area contributed by atoms with Gasteiger partial charge >= 0.3 is 5.97 Å². The average molecular weight is 125 g/mol. The molecule has 1 N–H and O–H groups in total. The topological polar surface area (TPSA) is 37.3 Å². The van der Waals surface area contributed by atoms with Crippen LogP contribution in [0.5, 0.6) is 0 Å². The number of rotatable bonds is 2. The minimum absolute atomic E-state index is 0. The van der Waals surface area contributed by atoms with Crippen molar-refractivity contribution in [2.75, 3.05) is 0 Å². The largest absolute Gasteiger partial charge is 0.481 e. The summed E-state index contributed by atoms with van der Waals surface area (Å²) < 4.78 is 0. The third kappa shape index (κ3) is 4.62. The van der Waals surface area contributed by atoms with E-state index in [1.807, 2.05) is 6.92 Å². The monoisotopic (exact) mass is 125 g/mol. The molecule has 0 amide bonds. The molecule has 0 bridgehead atoms. The molecule has 3 heteroatoms. The number of carbonyl (C=O) groups is 1. The maximum Gasteiger partial charge on any atom is 0.306 e. The minimum atomic E-state index is -0.706. The third-order valence-corrected chi connectivity index (χ3v) is 1.03.